The highest BCUT2D eigenvalue weighted by Gasteiger charge is 2.28. The molecule has 5 heteroatoms. The van der Waals surface area contributed by atoms with Crippen LogP contribution in [0.2, 0.25) is 5.02 Å². The molecule has 0 bridgehead atoms. The first-order valence-electron chi connectivity index (χ1n) is 8.07. The molecule has 0 aliphatic carbocycles. The summed E-state index contributed by atoms with van der Waals surface area (Å²) < 4.78 is 5.90. The van der Waals surface area contributed by atoms with Crippen LogP contribution in [0.15, 0.2) is 48.5 Å². The quantitative estimate of drug-likeness (QED) is 0.776. The zero-order valence-electron chi connectivity index (χ0n) is 14.6. The van der Waals surface area contributed by atoms with Crippen molar-refractivity contribution in [2.45, 2.75) is 26.5 Å². The van der Waals surface area contributed by atoms with E-state index in [0.29, 0.717) is 22.9 Å². The van der Waals surface area contributed by atoms with Crippen molar-refractivity contribution in [2.75, 3.05) is 7.05 Å². The molecule has 0 radical (unpaired) electrons. The van der Waals surface area contributed by atoms with E-state index in [0.717, 1.165) is 5.56 Å². The number of ether oxygens (including phenoxy) is 1. The third-order valence-corrected chi connectivity index (χ3v) is 4.03. The first-order valence-corrected chi connectivity index (χ1v) is 8.45. The lowest BCUT2D eigenvalue weighted by Gasteiger charge is -2.27. The third-order valence-electron chi connectivity index (χ3n) is 3.80. The maximum absolute atomic E-state index is 12.9. The molecule has 0 N–H and O–H groups in total. The Bertz CT molecular complexity index is 783. The lowest BCUT2D eigenvalue weighted by molar-refractivity contribution is -0.139. The van der Waals surface area contributed by atoms with Crippen molar-refractivity contribution >= 4 is 17.5 Å². The van der Waals surface area contributed by atoms with Crippen LogP contribution in [0.5, 0.6) is 5.75 Å². The molecule has 0 saturated carbocycles. The molecule has 2 aromatic rings. The average molecular weight is 357 g/mol. The molecule has 1 amide bonds. The lowest BCUT2D eigenvalue weighted by Crippen LogP contribution is -2.42. The molecule has 2 rings (SSSR count). The summed E-state index contributed by atoms with van der Waals surface area (Å²) in [6.07, 6.45) is -0.668. The minimum atomic E-state index is -0.668. The van der Waals surface area contributed by atoms with Crippen molar-refractivity contribution in [3.63, 3.8) is 0 Å². The highest BCUT2D eigenvalue weighted by molar-refractivity contribution is 6.30. The predicted molar refractivity (Wildman–Crippen MR) is 98.3 cm³/mol. The summed E-state index contributed by atoms with van der Waals surface area (Å²) in [7, 11) is 1.73. The first-order chi connectivity index (χ1) is 11.9. The number of carbonyl (C=O) groups is 1. The van der Waals surface area contributed by atoms with Crippen molar-refractivity contribution in [1.82, 2.24) is 4.90 Å². The number of carbonyl (C=O) groups excluding carboxylic acids is 1. The number of likely N-dealkylation sites (N-methyl/N-ethyl adjacent to an activating group) is 1. The largest absolute Gasteiger partial charge is 0.479 e. The Kier molecular flexibility index (Phi) is 6.44. The number of benzene rings is 2. The van der Waals surface area contributed by atoms with Crippen LogP contribution in [0.1, 0.15) is 25.0 Å². The molecule has 0 aromatic heterocycles. The fourth-order valence-electron chi connectivity index (χ4n) is 2.47. The normalized spacial score (nSPS) is 11.7. The van der Waals surface area contributed by atoms with E-state index in [1.807, 2.05) is 32.0 Å². The molecule has 2 aromatic carbocycles. The number of halogens is 1. The molecule has 0 spiro atoms. The lowest BCUT2D eigenvalue weighted by atomic mass is 10.1. The second kappa shape index (κ2) is 8.55. The van der Waals surface area contributed by atoms with E-state index in [1.165, 1.54) is 0 Å². The van der Waals surface area contributed by atoms with Crippen LogP contribution in [-0.2, 0) is 11.3 Å². The van der Waals surface area contributed by atoms with E-state index in [-0.39, 0.29) is 11.8 Å². The Labute approximate surface area is 153 Å². The Morgan fingerprint density at radius 3 is 2.60 bits per heavy atom. The van der Waals surface area contributed by atoms with Crippen LogP contribution < -0.4 is 4.74 Å². The molecular weight excluding hydrogens is 336 g/mol. The number of hydrogen-bond acceptors (Lipinski definition) is 3. The Hall–Kier alpha value is -2.51. The standard InChI is InChI=1S/C20H21ClN2O2/c1-14(2)19(25-18-10-5-4-8-16(18)12-22)20(24)23(3)13-15-7-6-9-17(21)11-15/h4-11,14,19H,13H2,1-3H3. The summed E-state index contributed by atoms with van der Waals surface area (Å²) in [6, 6.07) is 16.4. The van der Waals surface area contributed by atoms with Gasteiger partial charge in [-0.15, -0.1) is 0 Å². The number of nitriles is 1. The van der Waals surface area contributed by atoms with Gasteiger partial charge in [-0.2, -0.15) is 5.26 Å². The zero-order chi connectivity index (χ0) is 18.4. The van der Waals surface area contributed by atoms with Gasteiger partial charge in [0, 0.05) is 18.6 Å². The molecule has 0 aliphatic heterocycles. The highest BCUT2D eigenvalue weighted by atomic mass is 35.5. The van der Waals surface area contributed by atoms with Crippen molar-refractivity contribution in [3.05, 3.63) is 64.7 Å². The van der Waals surface area contributed by atoms with Gasteiger partial charge in [-0.3, -0.25) is 4.79 Å². The van der Waals surface area contributed by atoms with E-state index in [1.54, 1.807) is 42.3 Å². The summed E-state index contributed by atoms with van der Waals surface area (Å²) in [5.41, 5.74) is 1.36. The van der Waals surface area contributed by atoms with Gasteiger partial charge in [-0.25, -0.2) is 0 Å². The van der Waals surface area contributed by atoms with Crippen LogP contribution in [0.3, 0.4) is 0 Å². The SMILES string of the molecule is CC(C)C(Oc1ccccc1C#N)C(=O)N(C)Cc1cccc(Cl)c1. The smallest absolute Gasteiger partial charge is 0.263 e. The van der Waals surface area contributed by atoms with Crippen LogP contribution in [0.4, 0.5) is 0 Å². The summed E-state index contributed by atoms with van der Waals surface area (Å²) >= 11 is 6.00. The molecule has 25 heavy (non-hydrogen) atoms. The van der Waals surface area contributed by atoms with Crippen molar-refractivity contribution in [3.8, 4) is 11.8 Å². The van der Waals surface area contributed by atoms with E-state index in [2.05, 4.69) is 6.07 Å². The van der Waals surface area contributed by atoms with Crippen molar-refractivity contribution in [1.29, 1.82) is 5.26 Å². The fraction of sp³-hybridized carbons (Fsp3) is 0.300. The van der Waals surface area contributed by atoms with Gasteiger partial charge in [0.15, 0.2) is 6.10 Å². The highest BCUT2D eigenvalue weighted by Crippen LogP contribution is 2.22. The minimum absolute atomic E-state index is 0.0407. The van der Waals surface area contributed by atoms with Gasteiger partial charge in [0.1, 0.15) is 11.8 Å². The first kappa shape index (κ1) is 18.8. The summed E-state index contributed by atoms with van der Waals surface area (Å²) in [6.45, 7) is 4.28. The molecule has 130 valence electrons. The summed E-state index contributed by atoms with van der Waals surface area (Å²) in [5.74, 6) is 0.247. The summed E-state index contributed by atoms with van der Waals surface area (Å²) in [4.78, 5) is 14.5. The molecule has 0 saturated heterocycles. The molecule has 4 nitrogen and oxygen atoms in total. The van der Waals surface area contributed by atoms with E-state index >= 15 is 0 Å². The molecule has 1 atom stereocenters. The third kappa shape index (κ3) is 4.98. The van der Waals surface area contributed by atoms with Gasteiger partial charge >= 0.3 is 0 Å². The molecule has 0 fully saturated rings. The van der Waals surface area contributed by atoms with Crippen LogP contribution >= 0.6 is 11.6 Å². The van der Waals surface area contributed by atoms with Gasteiger partial charge in [-0.05, 0) is 35.7 Å². The predicted octanol–water partition coefficient (Wildman–Crippen LogP) is 4.27. The topological polar surface area (TPSA) is 53.3 Å². The van der Waals surface area contributed by atoms with Gasteiger partial charge < -0.3 is 9.64 Å². The molecule has 1 unspecified atom stereocenters. The number of nitrogens with zero attached hydrogens (tertiary/aromatic N) is 2. The van der Waals surface area contributed by atoms with Gasteiger partial charge in [0.2, 0.25) is 0 Å². The number of hydrogen-bond donors (Lipinski definition) is 0. The maximum atomic E-state index is 12.9. The van der Waals surface area contributed by atoms with E-state index < -0.39 is 6.10 Å². The maximum Gasteiger partial charge on any atom is 0.263 e. The van der Waals surface area contributed by atoms with Crippen LogP contribution in [0.25, 0.3) is 0 Å². The average Bonchev–Trinajstić information content (AvgIpc) is 2.59. The summed E-state index contributed by atoms with van der Waals surface area (Å²) in [5, 5.41) is 9.84. The second-order valence-corrected chi connectivity index (χ2v) is 6.65. The minimum Gasteiger partial charge on any atom is -0.479 e. The molecule has 0 aliphatic rings. The number of amides is 1. The second-order valence-electron chi connectivity index (χ2n) is 6.21. The fourth-order valence-corrected chi connectivity index (χ4v) is 2.69. The zero-order valence-corrected chi connectivity index (χ0v) is 15.3. The van der Waals surface area contributed by atoms with Crippen molar-refractivity contribution in [2.24, 2.45) is 5.92 Å². The number of rotatable bonds is 6. The van der Waals surface area contributed by atoms with E-state index in [9.17, 15) is 10.1 Å². The molecular formula is C20H21ClN2O2. The van der Waals surface area contributed by atoms with Crippen LogP contribution in [-0.4, -0.2) is 24.0 Å². The van der Waals surface area contributed by atoms with Crippen molar-refractivity contribution < 1.29 is 9.53 Å². The number of para-hydroxylation sites is 1. The molecule has 0 heterocycles. The van der Waals surface area contributed by atoms with Gasteiger partial charge in [-0.1, -0.05) is 49.7 Å². The van der Waals surface area contributed by atoms with Gasteiger partial charge in [0.05, 0.1) is 5.56 Å². The Balaban J connectivity index is 2.16. The Morgan fingerprint density at radius 1 is 1.24 bits per heavy atom. The Morgan fingerprint density at radius 2 is 1.96 bits per heavy atom. The monoisotopic (exact) mass is 356 g/mol. The van der Waals surface area contributed by atoms with Crippen LogP contribution in [0, 0.1) is 17.2 Å². The van der Waals surface area contributed by atoms with E-state index in [4.69, 9.17) is 16.3 Å². The van der Waals surface area contributed by atoms with Gasteiger partial charge in [0.25, 0.3) is 5.91 Å².